The molecule has 0 heterocycles. The second-order valence-electron chi connectivity index (χ2n) is 7.29. The maximum Gasteiger partial charge on any atom is 0.255 e. The molecule has 0 radical (unpaired) electrons. The Kier molecular flexibility index (Phi) is 8.78. The Morgan fingerprint density at radius 3 is 2.29 bits per heavy atom. The first kappa shape index (κ1) is 24.9. The Hall–Kier alpha value is -3.69. The molecule has 9 heteroatoms. The summed E-state index contributed by atoms with van der Waals surface area (Å²) in [5.74, 6) is 0.593. The largest absolute Gasteiger partial charge is 0.497 e. The number of hydrogen-bond donors (Lipinski definition) is 1. The van der Waals surface area contributed by atoms with E-state index < -0.39 is 15.9 Å². The molecule has 34 heavy (non-hydrogen) atoms. The van der Waals surface area contributed by atoms with E-state index >= 15 is 0 Å². The van der Waals surface area contributed by atoms with Gasteiger partial charge >= 0.3 is 0 Å². The molecule has 8 nitrogen and oxygen atoms in total. The summed E-state index contributed by atoms with van der Waals surface area (Å²) in [4.78, 5) is 12.7. The van der Waals surface area contributed by atoms with Gasteiger partial charge in [-0.25, -0.2) is 13.8 Å². The van der Waals surface area contributed by atoms with Gasteiger partial charge in [-0.05, 0) is 42.3 Å². The van der Waals surface area contributed by atoms with Crippen LogP contribution in [-0.4, -0.2) is 52.2 Å². The maximum atomic E-state index is 13.2. The van der Waals surface area contributed by atoms with Gasteiger partial charge in [-0.3, -0.25) is 4.79 Å². The molecule has 178 valence electrons. The molecule has 3 aromatic carbocycles. The van der Waals surface area contributed by atoms with Crippen molar-refractivity contribution in [3.63, 3.8) is 0 Å². The van der Waals surface area contributed by atoms with Gasteiger partial charge in [0, 0.05) is 12.1 Å². The molecule has 0 fully saturated rings. The van der Waals surface area contributed by atoms with E-state index in [1.54, 1.807) is 43.5 Å². The zero-order chi connectivity index (χ0) is 24.4. The van der Waals surface area contributed by atoms with Crippen molar-refractivity contribution in [2.75, 3.05) is 27.3 Å². The summed E-state index contributed by atoms with van der Waals surface area (Å²) < 4.78 is 38.1. The molecule has 0 saturated heterocycles. The number of sulfonamides is 1. The minimum atomic E-state index is -3.88. The second-order valence-corrected chi connectivity index (χ2v) is 9.23. The zero-order valence-electron chi connectivity index (χ0n) is 19.0. The monoisotopic (exact) mass is 481 g/mol. The number of benzene rings is 3. The van der Waals surface area contributed by atoms with E-state index in [1.165, 1.54) is 25.5 Å². The molecule has 0 saturated carbocycles. The van der Waals surface area contributed by atoms with Crippen LogP contribution in [0.5, 0.6) is 11.5 Å². The van der Waals surface area contributed by atoms with E-state index in [9.17, 15) is 13.2 Å². The van der Waals surface area contributed by atoms with Gasteiger partial charge in [0.05, 0.1) is 31.9 Å². The third kappa shape index (κ3) is 6.66. The Balaban J connectivity index is 1.74. The number of carbonyl (C=O) groups excluding carboxylic acids is 1. The second kappa shape index (κ2) is 12.0. The molecule has 0 aromatic heterocycles. The summed E-state index contributed by atoms with van der Waals surface area (Å²) in [6, 6.07) is 22.7. The average Bonchev–Trinajstić information content (AvgIpc) is 2.87. The number of methoxy groups -OCH3 is 2. The van der Waals surface area contributed by atoms with E-state index in [0.717, 1.165) is 9.87 Å². The number of hydrazone groups is 1. The molecule has 0 spiro atoms. The highest BCUT2D eigenvalue weighted by Crippen LogP contribution is 2.22. The third-order valence-electron chi connectivity index (χ3n) is 5.02. The molecule has 0 aliphatic carbocycles. The van der Waals surface area contributed by atoms with E-state index in [1.807, 2.05) is 30.3 Å². The molecule has 3 rings (SSSR count). The van der Waals surface area contributed by atoms with Crippen molar-refractivity contribution in [2.24, 2.45) is 5.10 Å². The van der Waals surface area contributed by atoms with Crippen LogP contribution in [0, 0.1) is 0 Å². The van der Waals surface area contributed by atoms with Gasteiger partial charge in [-0.2, -0.15) is 9.41 Å². The molecule has 1 amide bonds. The van der Waals surface area contributed by atoms with Crippen LogP contribution in [0.1, 0.15) is 11.1 Å². The van der Waals surface area contributed by atoms with Crippen LogP contribution < -0.4 is 14.9 Å². The highest BCUT2D eigenvalue weighted by molar-refractivity contribution is 7.89. The van der Waals surface area contributed by atoms with Crippen LogP contribution in [-0.2, 0) is 21.2 Å². The third-order valence-corrected chi connectivity index (χ3v) is 6.88. The van der Waals surface area contributed by atoms with Crippen LogP contribution >= 0.6 is 0 Å². The normalized spacial score (nSPS) is 11.5. The van der Waals surface area contributed by atoms with Crippen LogP contribution in [0.2, 0.25) is 0 Å². The van der Waals surface area contributed by atoms with Gasteiger partial charge in [0.15, 0.2) is 0 Å². The summed E-state index contributed by atoms with van der Waals surface area (Å²) in [5.41, 5.74) is 3.97. The Bertz CT molecular complexity index is 1220. The first-order chi connectivity index (χ1) is 16.4. The van der Waals surface area contributed by atoms with Crippen LogP contribution in [0.4, 0.5) is 0 Å². The molecule has 1 N–H and O–H groups in total. The minimum absolute atomic E-state index is 0.125. The van der Waals surface area contributed by atoms with Gasteiger partial charge in [0.1, 0.15) is 11.5 Å². The SMILES string of the molecule is COc1ccc(OC)c(/C=N/NC(=O)CN(CCc2ccccc2)S(=O)(=O)c2ccccc2)c1. The Morgan fingerprint density at radius 1 is 0.971 bits per heavy atom. The molecular weight excluding hydrogens is 454 g/mol. The predicted molar refractivity (Wildman–Crippen MR) is 131 cm³/mol. The number of hydrogen-bond acceptors (Lipinski definition) is 6. The smallest absolute Gasteiger partial charge is 0.255 e. The highest BCUT2D eigenvalue weighted by Gasteiger charge is 2.26. The fourth-order valence-electron chi connectivity index (χ4n) is 3.23. The van der Waals surface area contributed by atoms with Crippen molar-refractivity contribution in [1.82, 2.24) is 9.73 Å². The average molecular weight is 482 g/mol. The van der Waals surface area contributed by atoms with Crippen LogP contribution in [0.15, 0.2) is 88.9 Å². The van der Waals surface area contributed by atoms with Crippen LogP contribution in [0.25, 0.3) is 0 Å². The fraction of sp³-hybridized carbons (Fsp3) is 0.200. The lowest BCUT2D eigenvalue weighted by molar-refractivity contribution is -0.121. The Morgan fingerprint density at radius 2 is 1.65 bits per heavy atom. The predicted octanol–water partition coefficient (Wildman–Crippen LogP) is 3.09. The summed E-state index contributed by atoms with van der Waals surface area (Å²) in [6.07, 6.45) is 1.88. The van der Waals surface area contributed by atoms with Gasteiger partial charge < -0.3 is 9.47 Å². The first-order valence-corrected chi connectivity index (χ1v) is 12.0. The topological polar surface area (TPSA) is 97.3 Å². The Labute approximate surface area is 199 Å². The number of nitrogens with one attached hydrogen (secondary N) is 1. The first-order valence-electron chi connectivity index (χ1n) is 10.6. The van der Waals surface area contributed by atoms with Crippen molar-refractivity contribution in [1.29, 1.82) is 0 Å². The van der Waals surface area contributed by atoms with E-state index in [2.05, 4.69) is 10.5 Å². The van der Waals surface area contributed by atoms with Crippen molar-refractivity contribution < 1.29 is 22.7 Å². The molecule has 0 atom stereocenters. The van der Waals surface area contributed by atoms with Crippen molar-refractivity contribution in [3.05, 3.63) is 90.0 Å². The highest BCUT2D eigenvalue weighted by atomic mass is 32.2. The summed E-state index contributed by atoms with van der Waals surface area (Å²) in [6.45, 7) is -0.237. The van der Waals surface area contributed by atoms with Crippen LogP contribution in [0.3, 0.4) is 0 Å². The number of nitrogens with zero attached hydrogens (tertiary/aromatic N) is 2. The molecular formula is C25H27N3O5S. The maximum absolute atomic E-state index is 13.2. The quantitative estimate of drug-likeness (QED) is 0.335. The molecule has 0 unspecified atom stereocenters. The molecule has 0 aliphatic rings. The fourth-order valence-corrected chi connectivity index (χ4v) is 4.65. The number of rotatable bonds is 11. The lowest BCUT2D eigenvalue weighted by atomic mass is 10.1. The molecule has 0 aliphatic heterocycles. The summed E-state index contributed by atoms with van der Waals surface area (Å²) >= 11 is 0. The lowest BCUT2D eigenvalue weighted by Gasteiger charge is -2.21. The van der Waals surface area contributed by atoms with E-state index in [0.29, 0.717) is 23.5 Å². The number of carbonyl (C=O) groups is 1. The lowest BCUT2D eigenvalue weighted by Crippen LogP contribution is -2.40. The van der Waals surface area contributed by atoms with Crippen molar-refractivity contribution in [2.45, 2.75) is 11.3 Å². The summed E-state index contributed by atoms with van der Waals surface area (Å²) in [5, 5.41) is 3.97. The zero-order valence-corrected chi connectivity index (χ0v) is 19.9. The van der Waals surface area contributed by atoms with Gasteiger partial charge in [-0.15, -0.1) is 0 Å². The number of amides is 1. The van der Waals surface area contributed by atoms with Crippen molar-refractivity contribution in [3.8, 4) is 11.5 Å². The van der Waals surface area contributed by atoms with E-state index in [4.69, 9.17) is 9.47 Å². The van der Waals surface area contributed by atoms with Gasteiger partial charge in [0.2, 0.25) is 10.0 Å². The van der Waals surface area contributed by atoms with E-state index in [-0.39, 0.29) is 18.0 Å². The standard InChI is InChI=1S/C25H27N3O5S/c1-32-22-13-14-24(33-2)21(17-22)18-26-27-25(29)19-28(16-15-20-9-5-3-6-10-20)34(30,31)23-11-7-4-8-12-23/h3-14,17-18H,15-16,19H2,1-2H3,(H,27,29)/b26-18+. The van der Waals surface area contributed by atoms with Gasteiger partial charge in [0.25, 0.3) is 5.91 Å². The number of ether oxygens (including phenoxy) is 2. The van der Waals surface area contributed by atoms with Crippen molar-refractivity contribution >= 4 is 22.1 Å². The van der Waals surface area contributed by atoms with Gasteiger partial charge in [-0.1, -0.05) is 48.5 Å². The summed E-state index contributed by atoms with van der Waals surface area (Å²) in [7, 11) is -0.811. The molecule has 0 bridgehead atoms. The molecule has 3 aromatic rings. The minimum Gasteiger partial charge on any atom is -0.497 e.